The number of carbonyl (C=O) groups is 2. The quantitative estimate of drug-likeness (QED) is 0.588. The minimum atomic E-state index is 0.179. The summed E-state index contributed by atoms with van der Waals surface area (Å²) in [5.74, 6) is 1.73. The Morgan fingerprint density at radius 3 is 2.77 bits per heavy atom. The van der Waals surface area contributed by atoms with Crippen LogP contribution in [-0.2, 0) is 9.59 Å². The van der Waals surface area contributed by atoms with E-state index in [9.17, 15) is 9.59 Å². The van der Waals surface area contributed by atoms with Crippen LogP contribution >= 0.6 is 0 Å². The van der Waals surface area contributed by atoms with Gasteiger partial charge in [0.1, 0.15) is 5.78 Å². The summed E-state index contributed by atoms with van der Waals surface area (Å²) < 4.78 is 0. The summed E-state index contributed by atoms with van der Waals surface area (Å²) in [7, 11) is 0. The maximum atomic E-state index is 11.2. The summed E-state index contributed by atoms with van der Waals surface area (Å²) in [6.45, 7) is 0.820. The van der Waals surface area contributed by atoms with Crippen molar-refractivity contribution in [2.24, 2.45) is 17.3 Å². The minimum Gasteiger partial charge on any atom is -0.356 e. The molecule has 0 aromatic rings. The zero-order valence-electron chi connectivity index (χ0n) is 7.51. The molecule has 3 rings (SSSR count). The second-order valence-corrected chi connectivity index (χ2v) is 4.83. The molecule has 2 aliphatic carbocycles. The monoisotopic (exact) mass is 179 g/mol. The van der Waals surface area contributed by atoms with Gasteiger partial charge in [-0.3, -0.25) is 9.59 Å². The van der Waals surface area contributed by atoms with Crippen molar-refractivity contribution in [3.63, 3.8) is 0 Å². The van der Waals surface area contributed by atoms with Gasteiger partial charge < -0.3 is 5.32 Å². The van der Waals surface area contributed by atoms with E-state index in [0.29, 0.717) is 24.0 Å². The van der Waals surface area contributed by atoms with Crippen molar-refractivity contribution in [3.8, 4) is 0 Å². The molecule has 1 N–H and O–H groups in total. The topological polar surface area (TPSA) is 46.2 Å². The van der Waals surface area contributed by atoms with Gasteiger partial charge in [0, 0.05) is 31.2 Å². The van der Waals surface area contributed by atoms with Crippen LogP contribution < -0.4 is 5.32 Å². The van der Waals surface area contributed by atoms with E-state index in [1.54, 1.807) is 0 Å². The van der Waals surface area contributed by atoms with E-state index >= 15 is 0 Å². The molecule has 3 atom stereocenters. The predicted octanol–water partition coefficient (Wildman–Crippen LogP) is 0.492. The lowest BCUT2D eigenvalue weighted by Gasteiger charge is -2.49. The molecular weight excluding hydrogens is 166 g/mol. The van der Waals surface area contributed by atoms with Crippen LogP contribution in [-0.4, -0.2) is 18.2 Å². The zero-order chi connectivity index (χ0) is 9.05. The molecule has 3 fully saturated rings. The number of amides is 1. The first-order valence-corrected chi connectivity index (χ1v) is 4.98. The number of rotatable bonds is 0. The maximum absolute atomic E-state index is 11.2. The largest absolute Gasteiger partial charge is 0.356 e. The van der Waals surface area contributed by atoms with Crippen molar-refractivity contribution in [3.05, 3.63) is 0 Å². The first-order valence-electron chi connectivity index (χ1n) is 4.98. The highest BCUT2D eigenvalue weighted by Gasteiger charge is 2.59. The van der Waals surface area contributed by atoms with Gasteiger partial charge in [-0.15, -0.1) is 0 Å². The van der Waals surface area contributed by atoms with Crippen LogP contribution in [0.2, 0.25) is 0 Å². The molecule has 0 aromatic heterocycles. The lowest BCUT2D eigenvalue weighted by Crippen LogP contribution is -2.46. The number of carbonyl (C=O) groups excluding carboxylic acids is 2. The van der Waals surface area contributed by atoms with Crippen LogP contribution in [0.25, 0.3) is 0 Å². The molecule has 1 spiro atoms. The van der Waals surface area contributed by atoms with Crippen LogP contribution in [0.3, 0.4) is 0 Å². The smallest absolute Gasteiger partial charge is 0.220 e. The number of Topliss-reactive ketones (excluding diaryl/α,β-unsaturated/α-hetero) is 1. The van der Waals surface area contributed by atoms with Crippen LogP contribution in [0.15, 0.2) is 0 Å². The van der Waals surface area contributed by atoms with Gasteiger partial charge in [-0.2, -0.15) is 0 Å². The third-order valence-corrected chi connectivity index (χ3v) is 4.11. The summed E-state index contributed by atoms with van der Waals surface area (Å²) in [6, 6.07) is 0. The SMILES string of the molecule is O=C1C[C@@H]2C[C@@]3(CNC(=O)C3)[C@@H]2C1. The highest BCUT2D eigenvalue weighted by atomic mass is 16.2. The molecule has 2 saturated carbocycles. The molecule has 0 radical (unpaired) electrons. The predicted molar refractivity (Wildman–Crippen MR) is 45.9 cm³/mol. The Kier molecular flexibility index (Phi) is 1.24. The summed E-state index contributed by atoms with van der Waals surface area (Å²) in [4.78, 5) is 22.3. The van der Waals surface area contributed by atoms with Crippen molar-refractivity contribution in [1.82, 2.24) is 5.32 Å². The summed E-state index contributed by atoms with van der Waals surface area (Å²) in [5, 5.41) is 2.89. The molecule has 3 aliphatic rings. The molecule has 0 aromatic carbocycles. The van der Waals surface area contributed by atoms with Gasteiger partial charge in [-0.25, -0.2) is 0 Å². The Morgan fingerprint density at radius 1 is 1.31 bits per heavy atom. The second kappa shape index (κ2) is 2.14. The van der Waals surface area contributed by atoms with Crippen molar-refractivity contribution in [2.75, 3.05) is 6.54 Å². The Bertz CT molecular complexity index is 297. The molecule has 13 heavy (non-hydrogen) atoms. The molecule has 1 saturated heterocycles. The van der Waals surface area contributed by atoms with E-state index in [4.69, 9.17) is 0 Å². The van der Waals surface area contributed by atoms with Gasteiger partial charge >= 0.3 is 0 Å². The summed E-state index contributed by atoms with van der Waals surface area (Å²) in [5.41, 5.74) is 0.188. The average Bonchev–Trinajstić information content (AvgIpc) is 2.56. The molecule has 1 aliphatic heterocycles. The Hall–Kier alpha value is -0.860. The Labute approximate surface area is 76.9 Å². The van der Waals surface area contributed by atoms with Gasteiger partial charge in [0.2, 0.25) is 5.91 Å². The van der Waals surface area contributed by atoms with E-state index in [0.717, 1.165) is 25.8 Å². The van der Waals surface area contributed by atoms with Crippen molar-refractivity contribution in [2.45, 2.75) is 25.7 Å². The van der Waals surface area contributed by atoms with Crippen molar-refractivity contribution >= 4 is 11.7 Å². The molecule has 0 bridgehead atoms. The van der Waals surface area contributed by atoms with E-state index in [-0.39, 0.29) is 11.3 Å². The number of nitrogens with one attached hydrogen (secondary N) is 1. The van der Waals surface area contributed by atoms with Gasteiger partial charge in [-0.1, -0.05) is 0 Å². The third-order valence-electron chi connectivity index (χ3n) is 4.11. The fraction of sp³-hybridized carbons (Fsp3) is 0.800. The fourth-order valence-corrected chi connectivity index (χ4v) is 3.50. The van der Waals surface area contributed by atoms with Gasteiger partial charge in [0.05, 0.1) is 0 Å². The molecule has 70 valence electrons. The highest BCUT2D eigenvalue weighted by Crippen LogP contribution is 2.60. The van der Waals surface area contributed by atoms with Crippen LogP contribution in [0.1, 0.15) is 25.7 Å². The first kappa shape index (κ1) is 7.54. The second-order valence-electron chi connectivity index (χ2n) is 4.83. The van der Waals surface area contributed by atoms with Crippen LogP contribution in [0.5, 0.6) is 0 Å². The normalized spacial score (nSPS) is 47.7. The van der Waals surface area contributed by atoms with E-state index in [1.165, 1.54) is 0 Å². The number of hydrogen-bond donors (Lipinski definition) is 1. The fourth-order valence-electron chi connectivity index (χ4n) is 3.50. The van der Waals surface area contributed by atoms with Crippen LogP contribution in [0.4, 0.5) is 0 Å². The standard InChI is InChI=1S/C10H13NO2/c12-7-1-6-3-10(8(6)2-7)4-9(13)11-5-10/h6,8H,1-5H2,(H,11,13)/t6-,8-,10-/m1/s1. The van der Waals surface area contributed by atoms with Gasteiger partial charge in [0.25, 0.3) is 0 Å². The molecule has 0 unspecified atom stereocenters. The summed E-state index contributed by atoms with van der Waals surface area (Å²) >= 11 is 0. The molecule has 3 heteroatoms. The van der Waals surface area contributed by atoms with Gasteiger partial charge in [-0.05, 0) is 18.3 Å². The number of ketones is 1. The maximum Gasteiger partial charge on any atom is 0.220 e. The van der Waals surface area contributed by atoms with Crippen LogP contribution in [0, 0.1) is 17.3 Å². The Balaban J connectivity index is 1.82. The lowest BCUT2D eigenvalue weighted by molar-refractivity contribution is -0.121. The minimum absolute atomic E-state index is 0.179. The molecule has 1 heterocycles. The van der Waals surface area contributed by atoms with E-state index in [1.807, 2.05) is 0 Å². The van der Waals surface area contributed by atoms with Crippen molar-refractivity contribution < 1.29 is 9.59 Å². The Morgan fingerprint density at radius 2 is 2.15 bits per heavy atom. The molecule has 1 amide bonds. The number of fused-ring (bicyclic) bond motifs is 2. The van der Waals surface area contributed by atoms with E-state index < -0.39 is 0 Å². The lowest BCUT2D eigenvalue weighted by atomic mass is 9.54. The third kappa shape index (κ3) is 0.847. The molecule has 3 nitrogen and oxygen atoms in total. The van der Waals surface area contributed by atoms with Gasteiger partial charge in [0.15, 0.2) is 0 Å². The zero-order valence-corrected chi connectivity index (χ0v) is 7.51. The summed E-state index contributed by atoms with van der Waals surface area (Å²) in [6.07, 6.45) is 3.28. The van der Waals surface area contributed by atoms with Crippen molar-refractivity contribution in [1.29, 1.82) is 0 Å². The first-order chi connectivity index (χ1) is 6.20. The molecular formula is C10H13NO2. The average molecular weight is 179 g/mol. The van der Waals surface area contributed by atoms with E-state index in [2.05, 4.69) is 5.32 Å². The number of hydrogen-bond acceptors (Lipinski definition) is 2. The highest BCUT2D eigenvalue weighted by molar-refractivity contribution is 5.84.